The standard InChI is InChI=1S/C15H20O6S/c1-11-7-9-13(10-8-11)22(19,20)21-14(16)6-4-3-5-12(2)15(17)18/h7-10,12H,3-6H2,1-2H3,(H,17,18). The summed E-state index contributed by atoms with van der Waals surface area (Å²) in [5, 5.41) is 8.72. The highest BCUT2D eigenvalue weighted by molar-refractivity contribution is 7.87. The molecule has 0 aliphatic carbocycles. The lowest BCUT2D eigenvalue weighted by Gasteiger charge is -2.07. The van der Waals surface area contributed by atoms with Crippen LogP contribution in [-0.2, 0) is 23.9 Å². The van der Waals surface area contributed by atoms with Crippen molar-refractivity contribution in [1.82, 2.24) is 0 Å². The maximum absolute atomic E-state index is 11.9. The first-order chi connectivity index (χ1) is 10.2. The minimum atomic E-state index is -4.09. The van der Waals surface area contributed by atoms with E-state index in [1.165, 1.54) is 12.1 Å². The fraction of sp³-hybridized carbons (Fsp3) is 0.467. The molecule has 0 fully saturated rings. The molecule has 0 amide bonds. The molecule has 0 aromatic heterocycles. The zero-order valence-electron chi connectivity index (χ0n) is 12.6. The Morgan fingerprint density at radius 3 is 2.32 bits per heavy atom. The molecule has 0 bridgehead atoms. The van der Waals surface area contributed by atoms with Crippen molar-refractivity contribution < 1.29 is 27.3 Å². The molecule has 122 valence electrons. The fourth-order valence-electron chi connectivity index (χ4n) is 1.76. The SMILES string of the molecule is Cc1ccc(S(=O)(=O)OC(=O)CCCCC(C)C(=O)O)cc1. The van der Waals surface area contributed by atoms with Crippen molar-refractivity contribution in [3.05, 3.63) is 29.8 Å². The fourth-order valence-corrected chi connectivity index (χ4v) is 2.65. The third-order valence-corrected chi connectivity index (χ3v) is 4.46. The summed E-state index contributed by atoms with van der Waals surface area (Å²) in [6.45, 7) is 3.41. The molecule has 0 radical (unpaired) electrons. The van der Waals surface area contributed by atoms with Gasteiger partial charge in [0.25, 0.3) is 0 Å². The number of benzene rings is 1. The lowest BCUT2D eigenvalue weighted by molar-refractivity contribution is -0.141. The first kappa shape index (κ1) is 18.2. The second-order valence-electron chi connectivity index (χ2n) is 5.21. The predicted molar refractivity (Wildman–Crippen MR) is 79.7 cm³/mol. The number of rotatable bonds is 8. The highest BCUT2D eigenvalue weighted by atomic mass is 32.2. The van der Waals surface area contributed by atoms with Gasteiger partial charge in [-0.2, -0.15) is 8.42 Å². The van der Waals surface area contributed by atoms with Gasteiger partial charge in [-0.25, -0.2) is 0 Å². The molecule has 1 N–H and O–H groups in total. The van der Waals surface area contributed by atoms with E-state index < -0.39 is 28.0 Å². The van der Waals surface area contributed by atoms with Crippen LogP contribution < -0.4 is 0 Å². The van der Waals surface area contributed by atoms with Crippen LogP contribution in [0, 0.1) is 12.8 Å². The summed E-state index contributed by atoms with van der Waals surface area (Å²) in [4.78, 5) is 22.1. The Labute approximate surface area is 130 Å². The highest BCUT2D eigenvalue weighted by Crippen LogP contribution is 2.15. The van der Waals surface area contributed by atoms with Crippen molar-refractivity contribution in [3.8, 4) is 0 Å². The lowest BCUT2D eigenvalue weighted by atomic mass is 10.0. The molecule has 0 spiro atoms. The molecule has 1 aromatic rings. The largest absolute Gasteiger partial charge is 0.481 e. The van der Waals surface area contributed by atoms with E-state index in [9.17, 15) is 18.0 Å². The van der Waals surface area contributed by atoms with Crippen LogP contribution in [0.4, 0.5) is 0 Å². The summed E-state index contributed by atoms with van der Waals surface area (Å²) in [6.07, 6.45) is 1.29. The number of carboxylic acid groups (broad SMARTS) is 1. The van der Waals surface area contributed by atoms with E-state index in [2.05, 4.69) is 4.18 Å². The molecule has 1 unspecified atom stereocenters. The number of hydrogen-bond acceptors (Lipinski definition) is 5. The van der Waals surface area contributed by atoms with Crippen LogP contribution in [0.1, 0.15) is 38.2 Å². The number of hydrogen-bond donors (Lipinski definition) is 1. The summed E-state index contributed by atoms with van der Waals surface area (Å²) in [5.41, 5.74) is 0.901. The molecular weight excluding hydrogens is 308 g/mol. The van der Waals surface area contributed by atoms with E-state index in [1.54, 1.807) is 19.1 Å². The average molecular weight is 328 g/mol. The van der Waals surface area contributed by atoms with Gasteiger partial charge in [0.1, 0.15) is 4.90 Å². The second-order valence-corrected chi connectivity index (χ2v) is 6.75. The van der Waals surface area contributed by atoms with Gasteiger partial charge in [-0.15, -0.1) is 0 Å². The number of carbonyl (C=O) groups excluding carboxylic acids is 1. The average Bonchev–Trinajstić information content (AvgIpc) is 2.43. The van der Waals surface area contributed by atoms with Crippen molar-refractivity contribution in [2.24, 2.45) is 5.92 Å². The van der Waals surface area contributed by atoms with Crippen LogP contribution in [0.3, 0.4) is 0 Å². The van der Waals surface area contributed by atoms with Crippen molar-refractivity contribution >= 4 is 22.1 Å². The maximum Gasteiger partial charge on any atom is 0.341 e. The van der Waals surface area contributed by atoms with E-state index in [0.717, 1.165) is 5.56 Å². The van der Waals surface area contributed by atoms with Crippen LogP contribution in [0.15, 0.2) is 29.2 Å². The first-order valence-corrected chi connectivity index (χ1v) is 8.40. The van der Waals surface area contributed by atoms with Crippen LogP contribution in [0.25, 0.3) is 0 Å². The quantitative estimate of drug-likeness (QED) is 0.581. The third kappa shape index (κ3) is 5.85. The molecule has 0 heterocycles. The van der Waals surface area contributed by atoms with Crippen molar-refractivity contribution in [2.75, 3.05) is 0 Å². The van der Waals surface area contributed by atoms with Gasteiger partial charge in [-0.1, -0.05) is 31.0 Å². The first-order valence-electron chi connectivity index (χ1n) is 6.99. The van der Waals surface area contributed by atoms with Crippen molar-refractivity contribution in [3.63, 3.8) is 0 Å². The van der Waals surface area contributed by atoms with Crippen molar-refractivity contribution in [1.29, 1.82) is 0 Å². The van der Waals surface area contributed by atoms with Crippen molar-refractivity contribution in [2.45, 2.75) is 44.4 Å². The Bertz CT molecular complexity index is 618. The minimum Gasteiger partial charge on any atom is -0.481 e. The number of aryl methyl sites for hydroxylation is 1. The molecule has 0 aliphatic heterocycles. The highest BCUT2D eigenvalue weighted by Gasteiger charge is 2.20. The maximum atomic E-state index is 11.9. The summed E-state index contributed by atoms with van der Waals surface area (Å²) < 4.78 is 28.3. The Kier molecular flexibility index (Phi) is 6.55. The number of carboxylic acids is 1. The molecule has 0 saturated carbocycles. The van der Waals surface area contributed by atoms with Crippen LogP contribution in [0.2, 0.25) is 0 Å². The van der Waals surface area contributed by atoms with E-state index in [1.807, 2.05) is 6.92 Å². The number of carbonyl (C=O) groups is 2. The number of unbranched alkanes of at least 4 members (excludes halogenated alkanes) is 1. The van der Waals surface area contributed by atoms with Gasteiger partial charge < -0.3 is 9.29 Å². The van der Waals surface area contributed by atoms with E-state index in [-0.39, 0.29) is 11.3 Å². The zero-order chi connectivity index (χ0) is 16.8. The van der Waals surface area contributed by atoms with Gasteiger partial charge in [0.15, 0.2) is 0 Å². The van der Waals surface area contributed by atoms with Gasteiger partial charge in [0.2, 0.25) is 0 Å². The van der Waals surface area contributed by atoms with Gasteiger partial charge in [0.05, 0.1) is 5.92 Å². The predicted octanol–water partition coefficient (Wildman–Crippen LogP) is 2.51. The van der Waals surface area contributed by atoms with Crippen LogP contribution in [-0.4, -0.2) is 25.5 Å². The molecule has 22 heavy (non-hydrogen) atoms. The van der Waals surface area contributed by atoms with Gasteiger partial charge in [0, 0.05) is 6.42 Å². The topological polar surface area (TPSA) is 97.7 Å². The molecule has 0 saturated heterocycles. The smallest absolute Gasteiger partial charge is 0.341 e. The Hall–Kier alpha value is -1.89. The normalized spacial score (nSPS) is 12.6. The monoisotopic (exact) mass is 328 g/mol. The molecule has 1 atom stereocenters. The Morgan fingerprint density at radius 2 is 1.77 bits per heavy atom. The zero-order valence-corrected chi connectivity index (χ0v) is 13.4. The van der Waals surface area contributed by atoms with Gasteiger partial charge >= 0.3 is 22.1 Å². The lowest BCUT2D eigenvalue weighted by Crippen LogP contribution is -2.13. The summed E-state index contributed by atoms with van der Waals surface area (Å²) in [6, 6.07) is 6.00. The van der Waals surface area contributed by atoms with E-state index in [0.29, 0.717) is 19.3 Å². The summed E-state index contributed by atoms with van der Waals surface area (Å²) in [7, 11) is -4.09. The van der Waals surface area contributed by atoms with Gasteiger partial charge in [-0.05, 0) is 31.9 Å². The molecular formula is C15H20O6S. The Balaban J connectivity index is 2.44. The molecule has 1 rings (SSSR count). The molecule has 0 aliphatic rings. The molecule has 1 aromatic carbocycles. The number of aliphatic carboxylic acids is 1. The summed E-state index contributed by atoms with van der Waals surface area (Å²) in [5.74, 6) is -2.19. The summed E-state index contributed by atoms with van der Waals surface area (Å²) >= 11 is 0. The second kappa shape index (κ2) is 7.93. The minimum absolute atomic E-state index is 0.0581. The van der Waals surface area contributed by atoms with E-state index >= 15 is 0 Å². The molecule has 6 nitrogen and oxygen atoms in total. The van der Waals surface area contributed by atoms with Crippen LogP contribution in [0.5, 0.6) is 0 Å². The van der Waals surface area contributed by atoms with Crippen LogP contribution >= 0.6 is 0 Å². The van der Waals surface area contributed by atoms with Gasteiger partial charge in [-0.3, -0.25) is 9.59 Å². The molecule has 7 heteroatoms. The van der Waals surface area contributed by atoms with E-state index in [4.69, 9.17) is 5.11 Å². The Morgan fingerprint density at radius 1 is 1.18 bits per heavy atom. The third-order valence-electron chi connectivity index (χ3n) is 3.20.